The van der Waals surface area contributed by atoms with E-state index in [2.05, 4.69) is 21.2 Å². The number of hydrogen-bond donors (Lipinski definition) is 1. The van der Waals surface area contributed by atoms with Gasteiger partial charge < -0.3 is 14.5 Å². The molecule has 1 heterocycles. The second kappa shape index (κ2) is 7.74. The Morgan fingerprint density at radius 3 is 2.65 bits per heavy atom. The fourth-order valence-corrected chi connectivity index (χ4v) is 2.93. The van der Waals surface area contributed by atoms with Gasteiger partial charge in [-0.05, 0) is 49.2 Å². The number of nitrogens with one attached hydrogen (secondary N) is 1. The number of fused-ring (bicyclic) bond motifs is 1. The Balaban J connectivity index is 1.63. The van der Waals surface area contributed by atoms with Gasteiger partial charge in [0, 0.05) is 22.0 Å². The summed E-state index contributed by atoms with van der Waals surface area (Å²) in [6.07, 6.45) is 0. The van der Waals surface area contributed by atoms with Gasteiger partial charge in [-0.25, -0.2) is 4.79 Å². The van der Waals surface area contributed by atoms with E-state index >= 15 is 0 Å². The van der Waals surface area contributed by atoms with Crippen LogP contribution in [0.4, 0.5) is 0 Å². The number of hydrogen-bond acceptors (Lipinski definition) is 4. The normalized spacial score (nSPS) is 12.0. The van der Waals surface area contributed by atoms with Crippen LogP contribution in [-0.4, -0.2) is 12.5 Å². The molecule has 0 bridgehead atoms. The van der Waals surface area contributed by atoms with Crippen molar-refractivity contribution < 1.29 is 13.9 Å². The number of ether oxygens (including phenoxy) is 1. The highest BCUT2D eigenvalue weighted by atomic mass is 79.9. The molecule has 0 saturated heterocycles. The topological polar surface area (TPSA) is 68.5 Å². The van der Waals surface area contributed by atoms with Gasteiger partial charge in [0.25, 0.3) is 5.91 Å². The van der Waals surface area contributed by atoms with Crippen LogP contribution < -0.4 is 15.7 Å². The van der Waals surface area contributed by atoms with Crippen molar-refractivity contribution in [3.63, 3.8) is 0 Å². The summed E-state index contributed by atoms with van der Waals surface area (Å²) in [5.74, 6) is 0.240. The Bertz CT molecular complexity index is 995. The molecule has 0 fully saturated rings. The van der Waals surface area contributed by atoms with Crippen molar-refractivity contribution >= 4 is 32.8 Å². The van der Waals surface area contributed by atoms with E-state index in [1.807, 2.05) is 44.2 Å². The Morgan fingerprint density at radius 1 is 1.19 bits per heavy atom. The molecule has 0 aliphatic heterocycles. The molecule has 1 unspecified atom stereocenters. The summed E-state index contributed by atoms with van der Waals surface area (Å²) in [6.45, 7) is 3.63. The van der Waals surface area contributed by atoms with Gasteiger partial charge in [0.15, 0.2) is 6.61 Å². The number of rotatable bonds is 5. The standard InChI is InChI=1S/C20H18BrNO4/c1-12-9-20(24)26-18-10-16(7-8-17(12)18)25-11-19(23)22-13(2)14-3-5-15(21)6-4-14/h3-10,13H,11H2,1-2H3,(H,22,23). The van der Waals surface area contributed by atoms with Crippen LogP contribution in [0.3, 0.4) is 0 Å². The molecule has 0 aliphatic rings. The molecule has 1 N–H and O–H groups in total. The van der Waals surface area contributed by atoms with Crippen molar-refractivity contribution in [1.82, 2.24) is 5.32 Å². The molecule has 2 aromatic carbocycles. The minimum atomic E-state index is -0.409. The van der Waals surface area contributed by atoms with E-state index < -0.39 is 5.63 Å². The molecule has 0 radical (unpaired) electrons. The quantitative estimate of drug-likeness (QED) is 0.636. The Labute approximate surface area is 159 Å². The highest BCUT2D eigenvalue weighted by Gasteiger charge is 2.11. The van der Waals surface area contributed by atoms with Gasteiger partial charge >= 0.3 is 5.63 Å². The summed E-state index contributed by atoms with van der Waals surface area (Å²) >= 11 is 3.39. The second-order valence-corrected chi connectivity index (χ2v) is 6.95. The lowest BCUT2D eigenvalue weighted by atomic mass is 10.1. The molecule has 5 nitrogen and oxygen atoms in total. The van der Waals surface area contributed by atoms with Crippen molar-refractivity contribution in [2.75, 3.05) is 6.61 Å². The van der Waals surface area contributed by atoms with Crippen LogP contribution >= 0.6 is 15.9 Å². The minimum absolute atomic E-state index is 0.123. The number of halogens is 1. The molecule has 26 heavy (non-hydrogen) atoms. The summed E-state index contributed by atoms with van der Waals surface area (Å²) < 4.78 is 11.7. The molecule has 0 saturated carbocycles. The van der Waals surface area contributed by atoms with Gasteiger partial charge in [0.1, 0.15) is 11.3 Å². The SMILES string of the molecule is Cc1cc(=O)oc2cc(OCC(=O)NC(C)c3ccc(Br)cc3)ccc12. The first-order valence-electron chi connectivity index (χ1n) is 8.14. The second-order valence-electron chi connectivity index (χ2n) is 6.04. The summed E-state index contributed by atoms with van der Waals surface area (Å²) in [7, 11) is 0. The number of benzene rings is 2. The van der Waals surface area contributed by atoms with Crippen molar-refractivity contribution in [3.05, 3.63) is 74.6 Å². The molecule has 1 atom stereocenters. The van der Waals surface area contributed by atoms with E-state index in [0.29, 0.717) is 11.3 Å². The van der Waals surface area contributed by atoms with Gasteiger partial charge in [0.05, 0.1) is 6.04 Å². The zero-order chi connectivity index (χ0) is 18.7. The molecule has 1 amide bonds. The van der Waals surface area contributed by atoms with Gasteiger partial charge in [-0.2, -0.15) is 0 Å². The van der Waals surface area contributed by atoms with Crippen LogP contribution in [0.1, 0.15) is 24.1 Å². The average molecular weight is 416 g/mol. The first kappa shape index (κ1) is 18.2. The zero-order valence-corrected chi connectivity index (χ0v) is 16.0. The minimum Gasteiger partial charge on any atom is -0.484 e. The van der Waals surface area contributed by atoms with Crippen molar-refractivity contribution in [2.24, 2.45) is 0 Å². The molecule has 6 heteroatoms. The smallest absolute Gasteiger partial charge is 0.336 e. The first-order chi connectivity index (χ1) is 12.4. The van der Waals surface area contributed by atoms with Gasteiger partial charge in [-0.3, -0.25) is 4.79 Å². The average Bonchev–Trinajstić information content (AvgIpc) is 2.60. The fourth-order valence-electron chi connectivity index (χ4n) is 2.66. The van der Waals surface area contributed by atoms with Gasteiger partial charge in [0.2, 0.25) is 0 Å². The number of carbonyl (C=O) groups excluding carboxylic acids is 1. The monoisotopic (exact) mass is 415 g/mol. The number of amides is 1. The molecule has 0 aliphatic carbocycles. The first-order valence-corrected chi connectivity index (χ1v) is 8.94. The molecule has 0 spiro atoms. The molecule has 134 valence electrons. The number of carbonyl (C=O) groups is 1. The highest BCUT2D eigenvalue weighted by Crippen LogP contribution is 2.22. The number of aryl methyl sites for hydroxylation is 1. The third-order valence-corrected chi connectivity index (χ3v) is 4.57. The van der Waals surface area contributed by atoms with Crippen LogP contribution in [0.2, 0.25) is 0 Å². The highest BCUT2D eigenvalue weighted by molar-refractivity contribution is 9.10. The van der Waals surface area contributed by atoms with Crippen LogP contribution in [0.15, 0.2) is 62.2 Å². The van der Waals surface area contributed by atoms with Crippen molar-refractivity contribution in [3.8, 4) is 5.75 Å². The third-order valence-electron chi connectivity index (χ3n) is 4.04. The zero-order valence-electron chi connectivity index (χ0n) is 14.4. The van der Waals surface area contributed by atoms with Crippen LogP contribution in [0.5, 0.6) is 5.75 Å². The summed E-state index contributed by atoms with van der Waals surface area (Å²) in [4.78, 5) is 23.6. The van der Waals surface area contributed by atoms with Crippen LogP contribution in [0.25, 0.3) is 11.0 Å². The van der Waals surface area contributed by atoms with Crippen LogP contribution in [-0.2, 0) is 4.79 Å². The molecule has 3 rings (SSSR count). The Kier molecular flexibility index (Phi) is 5.42. The van der Waals surface area contributed by atoms with Crippen molar-refractivity contribution in [2.45, 2.75) is 19.9 Å². The van der Waals surface area contributed by atoms with E-state index in [9.17, 15) is 9.59 Å². The Hall–Kier alpha value is -2.60. The van der Waals surface area contributed by atoms with Crippen molar-refractivity contribution in [1.29, 1.82) is 0 Å². The fraction of sp³-hybridized carbons (Fsp3) is 0.200. The summed E-state index contributed by atoms with van der Waals surface area (Å²) in [5.41, 5.74) is 1.87. The molecular formula is C20H18BrNO4. The molecule has 3 aromatic rings. The summed E-state index contributed by atoms with van der Waals surface area (Å²) in [6, 6.07) is 14.3. The van der Waals surface area contributed by atoms with E-state index in [4.69, 9.17) is 9.15 Å². The predicted molar refractivity (Wildman–Crippen MR) is 103 cm³/mol. The maximum atomic E-state index is 12.1. The van der Waals surface area contributed by atoms with E-state index in [1.165, 1.54) is 6.07 Å². The maximum absolute atomic E-state index is 12.1. The van der Waals surface area contributed by atoms with E-state index in [1.54, 1.807) is 12.1 Å². The maximum Gasteiger partial charge on any atom is 0.336 e. The Morgan fingerprint density at radius 2 is 1.92 bits per heavy atom. The summed E-state index contributed by atoms with van der Waals surface area (Å²) in [5, 5.41) is 3.73. The van der Waals surface area contributed by atoms with E-state index in [-0.39, 0.29) is 18.6 Å². The van der Waals surface area contributed by atoms with E-state index in [0.717, 1.165) is 21.0 Å². The lowest BCUT2D eigenvalue weighted by molar-refractivity contribution is -0.123. The van der Waals surface area contributed by atoms with Crippen LogP contribution in [0, 0.1) is 6.92 Å². The largest absolute Gasteiger partial charge is 0.484 e. The predicted octanol–water partition coefficient (Wildman–Crippen LogP) is 4.12. The third kappa shape index (κ3) is 4.32. The van der Waals surface area contributed by atoms with Gasteiger partial charge in [-0.1, -0.05) is 28.1 Å². The molecular weight excluding hydrogens is 398 g/mol. The van der Waals surface area contributed by atoms with Gasteiger partial charge in [-0.15, -0.1) is 0 Å². The lowest BCUT2D eigenvalue weighted by Crippen LogP contribution is -2.31. The molecule has 1 aromatic heterocycles. The lowest BCUT2D eigenvalue weighted by Gasteiger charge is -2.15.